The number of halogens is 1. The molecule has 0 aliphatic heterocycles. The predicted octanol–water partition coefficient (Wildman–Crippen LogP) is 4.84. The van der Waals surface area contributed by atoms with Crippen LogP contribution in [0.5, 0.6) is 0 Å². The summed E-state index contributed by atoms with van der Waals surface area (Å²) in [6.45, 7) is 2.04. The molecule has 3 rings (SSSR count). The van der Waals surface area contributed by atoms with Crippen LogP contribution >= 0.6 is 11.8 Å². The number of rotatable bonds is 4. The molecule has 0 aliphatic carbocycles. The van der Waals surface area contributed by atoms with Crippen molar-refractivity contribution in [2.24, 2.45) is 0 Å². The van der Waals surface area contributed by atoms with E-state index in [4.69, 9.17) is 4.42 Å². The Balaban J connectivity index is 1.69. The molecule has 0 saturated heterocycles. The molecule has 110 valence electrons. The van der Waals surface area contributed by atoms with Crippen LogP contribution in [-0.4, -0.2) is 10.2 Å². The predicted molar refractivity (Wildman–Crippen MR) is 84.9 cm³/mol. The Labute approximate surface area is 131 Å². The minimum atomic E-state index is -0.258. The fourth-order valence-corrected chi connectivity index (χ4v) is 2.65. The van der Waals surface area contributed by atoms with E-state index in [1.807, 2.05) is 25.1 Å². The molecular weight excluding hydrogens is 299 g/mol. The molecule has 3 aromatic rings. The first-order valence-corrected chi connectivity index (χ1v) is 7.52. The monoisotopic (exact) mass is 312 g/mol. The first-order chi connectivity index (χ1) is 10.7. The number of aromatic nitrogens is 2. The summed E-state index contributed by atoms with van der Waals surface area (Å²) in [7, 11) is 0. The van der Waals surface area contributed by atoms with Gasteiger partial charge < -0.3 is 4.42 Å². The normalized spacial score (nSPS) is 11.2. The smallest absolute Gasteiger partial charge is 0.281 e. The van der Waals surface area contributed by atoms with Crippen LogP contribution in [0.2, 0.25) is 0 Å². The second-order valence-electron chi connectivity index (χ2n) is 4.71. The molecule has 0 aliphatic rings. The molecule has 0 spiro atoms. The standard InChI is InChI=1S/C17H13FN2OS/c1-12-3-2-4-15(11-12)22-17-20-19-16(21-17)10-7-13-5-8-14(18)9-6-13/h2-11H,1H3/b10-7+. The van der Waals surface area contributed by atoms with E-state index in [2.05, 4.69) is 16.3 Å². The Bertz CT molecular complexity index is 796. The van der Waals surface area contributed by atoms with Crippen molar-refractivity contribution in [1.82, 2.24) is 10.2 Å². The van der Waals surface area contributed by atoms with Crippen LogP contribution in [0.3, 0.4) is 0 Å². The van der Waals surface area contributed by atoms with E-state index < -0.39 is 0 Å². The van der Waals surface area contributed by atoms with Crippen LogP contribution in [0.4, 0.5) is 4.39 Å². The van der Waals surface area contributed by atoms with Gasteiger partial charge in [0.1, 0.15) is 5.82 Å². The molecule has 0 radical (unpaired) electrons. The van der Waals surface area contributed by atoms with Crippen LogP contribution in [-0.2, 0) is 0 Å². The number of nitrogens with zero attached hydrogens (tertiary/aromatic N) is 2. The highest BCUT2D eigenvalue weighted by Crippen LogP contribution is 2.27. The molecule has 2 aromatic carbocycles. The van der Waals surface area contributed by atoms with Crippen molar-refractivity contribution in [2.45, 2.75) is 17.0 Å². The Morgan fingerprint density at radius 2 is 1.86 bits per heavy atom. The van der Waals surface area contributed by atoms with Crippen molar-refractivity contribution < 1.29 is 8.81 Å². The average molecular weight is 312 g/mol. The summed E-state index contributed by atoms with van der Waals surface area (Å²) in [4.78, 5) is 1.05. The zero-order chi connectivity index (χ0) is 15.4. The summed E-state index contributed by atoms with van der Waals surface area (Å²) in [5.41, 5.74) is 2.05. The molecular formula is C17H13FN2OS. The van der Waals surface area contributed by atoms with E-state index in [0.29, 0.717) is 11.1 Å². The third-order valence-corrected chi connectivity index (χ3v) is 3.73. The number of benzene rings is 2. The van der Waals surface area contributed by atoms with Crippen molar-refractivity contribution >= 4 is 23.9 Å². The second kappa shape index (κ2) is 6.58. The molecule has 0 amide bonds. The minimum Gasteiger partial charge on any atom is -0.412 e. The SMILES string of the molecule is Cc1cccc(Sc2nnc(/C=C/c3ccc(F)cc3)o2)c1. The van der Waals surface area contributed by atoms with Gasteiger partial charge in [0.05, 0.1) is 0 Å². The summed E-state index contributed by atoms with van der Waals surface area (Å²) >= 11 is 1.42. The van der Waals surface area contributed by atoms with E-state index in [-0.39, 0.29) is 5.82 Å². The molecule has 0 N–H and O–H groups in total. The summed E-state index contributed by atoms with van der Waals surface area (Å²) in [5.74, 6) is 0.159. The fraction of sp³-hybridized carbons (Fsp3) is 0.0588. The van der Waals surface area contributed by atoms with Crippen molar-refractivity contribution in [2.75, 3.05) is 0 Å². The molecule has 5 heteroatoms. The lowest BCUT2D eigenvalue weighted by Gasteiger charge is -1.97. The van der Waals surface area contributed by atoms with Crippen molar-refractivity contribution in [3.8, 4) is 0 Å². The van der Waals surface area contributed by atoms with E-state index >= 15 is 0 Å². The van der Waals surface area contributed by atoms with Crippen LogP contribution < -0.4 is 0 Å². The molecule has 1 heterocycles. The van der Waals surface area contributed by atoms with Gasteiger partial charge in [0.2, 0.25) is 5.89 Å². The molecule has 0 unspecified atom stereocenters. The molecule has 0 fully saturated rings. The zero-order valence-corrected chi connectivity index (χ0v) is 12.7. The maximum atomic E-state index is 12.8. The molecule has 3 nitrogen and oxygen atoms in total. The molecule has 0 atom stereocenters. The molecule has 1 aromatic heterocycles. The van der Waals surface area contributed by atoms with Gasteiger partial charge in [-0.1, -0.05) is 29.8 Å². The Kier molecular flexibility index (Phi) is 4.34. The van der Waals surface area contributed by atoms with Crippen molar-refractivity contribution in [1.29, 1.82) is 0 Å². The van der Waals surface area contributed by atoms with Gasteiger partial charge in [-0.15, -0.1) is 10.2 Å². The lowest BCUT2D eigenvalue weighted by Crippen LogP contribution is -1.76. The van der Waals surface area contributed by atoms with E-state index in [9.17, 15) is 4.39 Å². The van der Waals surface area contributed by atoms with Crippen LogP contribution in [0.25, 0.3) is 12.2 Å². The van der Waals surface area contributed by atoms with E-state index in [0.717, 1.165) is 10.5 Å². The first-order valence-electron chi connectivity index (χ1n) is 6.71. The van der Waals surface area contributed by atoms with Crippen molar-refractivity contribution in [3.05, 3.63) is 71.4 Å². The van der Waals surface area contributed by atoms with Gasteiger partial charge in [-0.3, -0.25) is 0 Å². The van der Waals surface area contributed by atoms with Gasteiger partial charge in [0.25, 0.3) is 5.22 Å². The Morgan fingerprint density at radius 1 is 1.05 bits per heavy atom. The van der Waals surface area contributed by atoms with Gasteiger partial charge in [-0.25, -0.2) is 4.39 Å². The lowest BCUT2D eigenvalue weighted by atomic mass is 10.2. The topological polar surface area (TPSA) is 38.9 Å². The quantitative estimate of drug-likeness (QED) is 0.691. The first kappa shape index (κ1) is 14.5. The maximum Gasteiger partial charge on any atom is 0.281 e. The largest absolute Gasteiger partial charge is 0.412 e. The number of hydrogen-bond acceptors (Lipinski definition) is 4. The highest BCUT2D eigenvalue weighted by atomic mass is 32.2. The zero-order valence-electron chi connectivity index (χ0n) is 11.9. The lowest BCUT2D eigenvalue weighted by molar-refractivity contribution is 0.446. The Hall–Kier alpha value is -2.40. The van der Waals surface area contributed by atoms with Gasteiger partial charge >= 0.3 is 0 Å². The second-order valence-corrected chi connectivity index (χ2v) is 5.73. The average Bonchev–Trinajstić information content (AvgIpc) is 2.94. The Morgan fingerprint density at radius 3 is 2.64 bits per heavy atom. The van der Waals surface area contributed by atoms with E-state index in [1.54, 1.807) is 24.3 Å². The summed E-state index contributed by atoms with van der Waals surface area (Å²) < 4.78 is 18.4. The van der Waals surface area contributed by atoms with Gasteiger partial charge in [-0.05, 0) is 54.6 Å². The highest BCUT2D eigenvalue weighted by molar-refractivity contribution is 7.99. The molecule has 0 saturated carbocycles. The maximum absolute atomic E-state index is 12.8. The summed E-state index contributed by atoms with van der Waals surface area (Å²) in [6.07, 6.45) is 3.51. The van der Waals surface area contributed by atoms with Crippen LogP contribution in [0, 0.1) is 12.7 Å². The molecule has 22 heavy (non-hydrogen) atoms. The van der Waals surface area contributed by atoms with Gasteiger partial charge in [0, 0.05) is 11.0 Å². The number of hydrogen-bond donors (Lipinski definition) is 0. The molecule has 0 bridgehead atoms. The third kappa shape index (κ3) is 3.83. The van der Waals surface area contributed by atoms with Crippen LogP contribution in [0.15, 0.2) is 63.1 Å². The third-order valence-electron chi connectivity index (χ3n) is 2.91. The summed E-state index contributed by atoms with van der Waals surface area (Å²) in [5, 5.41) is 8.46. The number of aryl methyl sites for hydroxylation is 1. The van der Waals surface area contributed by atoms with Gasteiger partial charge in [-0.2, -0.15) is 0 Å². The summed E-state index contributed by atoms with van der Waals surface area (Å²) in [6, 6.07) is 14.3. The van der Waals surface area contributed by atoms with Gasteiger partial charge in [0.15, 0.2) is 0 Å². The van der Waals surface area contributed by atoms with E-state index in [1.165, 1.54) is 29.5 Å². The fourth-order valence-electron chi connectivity index (χ4n) is 1.85. The van der Waals surface area contributed by atoms with Crippen molar-refractivity contribution in [3.63, 3.8) is 0 Å². The van der Waals surface area contributed by atoms with Crippen LogP contribution in [0.1, 0.15) is 17.0 Å². The highest BCUT2D eigenvalue weighted by Gasteiger charge is 2.06. The minimum absolute atomic E-state index is 0.258.